The molecule has 0 radical (unpaired) electrons. The number of carbonyl (C=O) groups is 2. The predicted octanol–water partition coefficient (Wildman–Crippen LogP) is 4.74. The third-order valence-corrected chi connectivity index (χ3v) is 5.91. The van der Waals surface area contributed by atoms with E-state index in [1.54, 1.807) is 60.7 Å². The zero-order chi connectivity index (χ0) is 28.0. The second-order valence-corrected chi connectivity index (χ2v) is 10.1. The molecule has 0 saturated carbocycles. The Morgan fingerprint density at radius 3 is 1.47 bits per heavy atom. The van der Waals surface area contributed by atoms with Crippen molar-refractivity contribution in [3.05, 3.63) is 90.5 Å². The Labute approximate surface area is 222 Å². The van der Waals surface area contributed by atoms with Crippen LogP contribution in [0.25, 0.3) is 0 Å². The van der Waals surface area contributed by atoms with Crippen molar-refractivity contribution in [3.8, 4) is 11.5 Å². The van der Waals surface area contributed by atoms with Crippen molar-refractivity contribution in [2.75, 3.05) is 40.4 Å². The molecule has 0 unspecified atom stereocenters. The van der Waals surface area contributed by atoms with E-state index in [1.807, 2.05) is 33.2 Å². The van der Waals surface area contributed by atoms with E-state index in [0.29, 0.717) is 29.1 Å². The highest BCUT2D eigenvalue weighted by Crippen LogP contribution is 2.11. The van der Waals surface area contributed by atoms with Gasteiger partial charge in [0.05, 0.1) is 19.0 Å². The quantitative estimate of drug-likeness (QED) is 0.175. The minimum Gasteiger partial charge on any atom is -0.428 e. The average Bonchev–Trinajstić information content (AvgIpc) is 2.85. The summed E-state index contributed by atoms with van der Waals surface area (Å²) in [6.07, 6.45) is -1.49. The maximum Gasteiger partial charge on any atom is 0.514 e. The largest absolute Gasteiger partial charge is 0.514 e. The van der Waals surface area contributed by atoms with E-state index in [1.165, 1.54) is 12.1 Å². The average molecular weight is 547 g/mol. The van der Waals surface area contributed by atoms with Gasteiger partial charge in [-0.2, -0.15) is 8.42 Å². The number of likely N-dealkylation sites (N-methyl/N-ethyl adjacent to an activating group) is 1. The van der Waals surface area contributed by atoms with Crippen LogP contribution in [0.3, 0.4) is 0 Å². The van der Waals surface area contributed by atoms with Gasteiger partial charge in [0, 0.05) is 0 Å². The Morgan fingerprint density at radius 1 is 0.711 bits per heavy atom. The van der Waals surface area contributed by atoms with Crippen LogP contribution in [-0.2, 0) is 19.6 Å². The molecule has 11 heteroatoms. The molecule has 0 aliphatic heterocycles. The summed E-state index contributed by atoms with van der Waals surface area (Å²) in [6, 6.07) is 23.4. The molecule has 0 aliphatic carbocycles. The lowest BCUT2D eigenvalue weighted by Gasteiger charge is -2.28. The SMILES string of the molecule is C[N+](C)(CCOC(=O)Oc1ccccc1)CCOC(=O)Oc1ccccc1.Cc1ccc(S(=O)(=O)O)cc1. The molecule has 10 nitrogen and oxygen atoms in total. The van der Waals surface area contributed by atoms with E-state index >= 15 is 0 Å². The number of hydrogen-bond acceptors (Lipinski definition) is 8. The minimum atomic E-state index is -4.02. The van der Waals surface area contributed by atoms with Gasteiger partial charge in [-0.15, -0.1) is 0 Å². The van der Waals surface area contributed by atoms with Crippen LogP contribution < -0.4 is 9.47 Å². The molecule has 0 aromatic heterocycles. The second kappa shape index (κ2) is 14.7. The molecular weight excluding hydrogens is 514 g/mol. The van der Waals surface area contributed by atoms with E-state index in [4.69, 9.17) is 23.5 Å². The first-order valence-electron chi connectivity index (χ1n) is 11.6. The van der Waals surface area contributed by atoms with E-state index < -0.39 is 22.4 Å². The standard InChI is InChI=1S/C20H24NO6.C7H8O3S/c1-21(2,13-15-24-19(22)26-17-9-5-3-6-10-17)14-16-25-20(23)27-18-11-7-4-8-12-18;1-6-2-4-7(5-3-6)11(8,9)10/h3-12H,13-16H2,1-2H3;2-5H,1H3,(H,8,9,10)/q+1;. The number of hydrogen-bond donors (Lipinski definition) is 1. The summed E-state index contributed by atoms with van der Waals surface area (Å²) in [4.78, 5) is 23.2. The first-order chi connectivity index (χ1) is 17.9. The van der Waals surface area contributed by atoms with Gasteiger partial charge in [-0.25, -0.2) is 9.59 Å². The van der Waals surface area contributed by atoms with Crippen molar-refractivity contribution >= 4 is 22.4 Å². The van der Waals surface area contributed by atoms with Gasteiger partial charge in [0.1, 0.15) is 37.8 Å². The minimum absolute atomic E-state index is 0.0666. The summed E-state index contributed by atoms with van der Waals surface area (Å²) < 4.78 is 50.3. The maximum atomic E-state index is 11.6. The third kappa shape index (κ3) is 12.3. The first kappa shape index (κ1) is 30.3. The lowest BCUT2D eigenvalue weighted by Crippen LogP contribution is -2.45. The van der Waals surface area contributed by atoms with Crippen molar-refractivity contribution < 1.29 is 46.0 Å². The van der Waals surface area contributed by atoms with Crippen LogP contribution in [-0.4, -0.2) is 70.2 Å². The zero-order valence-electron chi connectivity index (χ0n) is 21.5. The van der Waals surface area contributed by atoms with Crippen LogP contribution in [0.1, 0.15) is 5.56 Å². The van der Waals surface area contributed by atoms with Gasteiger partial charge in [-0.05, 0) is 43.3 Å². The fourth-order valence-corrected chi connectivity index (χ4v) is 3.28. The Morgan fingerprint density at radius 2 is 1.11 bits per heavy atom. The van der Waals surface area contributed by atoms with E-state index in [2.05, 4.69) is 0 Å². The van der Waals surface area contributed by atoms with Gasteiger partial charge in [-0.3, -0.25) is 4.55 Å². The molecule has 0 fully saturated rings. The van der Waals surface area contributed by atoms with Crippen molar-refractivity contribution in [2.45, 2.75) is 11.8 Å². The fraction of sp³-hybridized carbons (Fsp3) is 0.259. The van der Waals surface area contributed by atoms with Crippen LogP contribution in [0.4, 0.5) is 9.59 Å². The number of carbonyl (C=O) groups excluding carboxylic acids is 2. The second-order valence-electron chi connectivity index (χ2n) is 8.70. The lowest BCUT2D eigenvalue weighted by atomic mass is 10.2. The number of benzene rings is 3. The molecule has 0 aliphatic rings. The number of nitrogens with zero attached hydrogens (tertiary/aromatic N) is 1. The first-order valence-corrected chi connectivity index (χ1v) is 13.0. The fourth-order valence-electron chi connectivity index (χ4n) is 2.80. The molecule has 0 bridgehead atoms. The molecule has 3 aromatic rings. The molecule has 1 N–H and O–H groups in total. The summed E-state index contributed by atoms with van der Waals surface area (Å²) in [5.41, 5.74) is 0.956. The molecule has 0 spiro atoms. The summed E-state index contributed by atoms with van der Waals surface area (Å²) in [5.74, 6) is 0.864. The van der Waals surface area contributed by atoms with E-state index in [9.17, 15) is 18.0 Å². The summed E-state index contributed by atoms with van der Waals surface area (Å²) in [5, 5.41) is 0. The van der Waals surface area contributed by atoms with Gasteiger partial charge < -0.3 is 23.4 Å². The summed E-state index contributed by atoms with van der Waals surface area (Å²) >= 11 is 0. The molecule has 0 saturated heterocycles. The normalized spacial score (nSPS) is 10.9. The number of para-hydroxylation sites is 2. The summed E-state index contributed by atoms with van der Waals surface area (Å²) in [6.45, 7) is 3.30. The molecular formula is C27H32NO9S+. The van der Waals surface area contributed by atoms with Gasteiger partial charge in [0.25, 0.3) is 10.1 Å². The highest BCUT2D eigenvalue weighted by molar-refractivity contribution is 7.85. The Balaban J connectivity index is 0.000000384. The zero-order valence-corrected chi connectivity index (χ0v) is 22.3. The predicted molar refractivity (Wildman–Crippen MR) is 140 cm³/mol. The molecule has 3 aromatic carbocycles. The van der Waals surface area contributed by atoms with Gasteiger partial charge in [-0.1, -0.05) is 54.1 Å². The van der Waals surface area contributed by atoms with Crippen LogP contribution in [0.2, 0.25) is 0 Å². The molecule has 38 heavy (non-hydrogen) atoms. The monoisotopic (exact) mass is 546 g/mol. The van der Waals surface area contributed by atoms with Crippen LogP contribution in [0.5, 0.6) is 11.5 Å². The highest BCUT2D eigenvalue weighted by Gasteiger charge is 2.18. The van der Waals surface area contributed by atoms with Crippen molar-refractivity contribution in [1.82, 2.24) is 0 Å². The molecule has 0 amide bonds. The lowest BCUT2D eigenvalue weighted by molar-refractivity contribution is -0.890. The Kier molecular flexibility index (Phi) is 11.7. The number of ether oxygens (including phenoxy) is 4. The van der Waals surface area contributed by atoms with Gasteiger partial charge in [0.15, 0.2) is 0 Å². The van der Waals surface area contributed by atoms with Crippen molar-refractivity contribution in [2.24, 2.45) is 0 Å². The Bertz CT molecular complexity index is 1190. The topological polar surface area (TPSA) is 125 Å². The molecule has 0 atom stereocenters. The maximum absolute atomic E-state index is 11.6. The van der Waals surface area contributed by atoms with Gasteiger partial charge >= 0.3 is 12.3 Å². The molecule has 3 rings (SSSR count). The highest BCUT2D eigenvalue weighted by atomic mass is 32.2. The van der Waals surface area contributed by atoms with E-state index in [0.717, 1.165) is 5.56 Å². The number of rotatable bonds is 9. The van der Waals surface area contributed by atoms with Crippen molar-refractivity contribution in [1.29, 1.82) is 0 Å². The van der Waals surface area contributed by atoms with Crippen LogP contribution in [0, 0.1) is 6.92 Å². The van der Waals surface area contributed by atoms with Gasteiger partial charge in [0.2, 0.25) is 0 Å². The number of quaternary nitrogens is 1. The number of aryl methyl sites for hydroxylation is 1. The molecule has 0 heterocycles. The third-order valence-electron chi connectivity index (χ3n) is 5.04. The smallest absolute Gasteiger partial charge is 0.428 e. The Hall–Kier alpha value is -3.93. The van der Waals surface area contributed by atoms with Crippen LogP contribution >= 0.6 is 0 Å². The molecule has 204 valence electrons. The van der Waals surface area contributed by atoms with E-state index in [-0.39, 0.29) is 18.1 Å². The summed E-state index contributed by atoms with van der Waals surface area (Å²) in [7, 11) is -0.135. The van der Waals surface area contributed by atoms with Crippen molar-refractivity contribution in [3.63, 3.8) is 0 Å². The van der Waals surface area contributed by atoms with Crippen LogP contribution in [0.15, 0.2) is 89.8 Å².